The second kappa shape index (κ2) is 2.94. The van der Waals surface area contributed by atoms with E-state index < -0.39 is 11.4 Å². The number of nitrogen functional groups attached to an aromatic ring is 1. The molecule has 0 amide bonds. The summed E-state index contributed by atoms with van der Waals surface area (Å²) < 4.78 is 0. The van der Waals surface area contributed by atoms with Crippen molar-refractivity contribution in [3.8, 4) is 0 Å². The molecule has 0 aliphatic heterocycles. The molecule has 1 aromatic heterocycles. The Bertz CT molecular complexity index is 374. The van der Waals surface area contributed by atoms with Gasteiger partial charge in [0.05, 0.1) is 5.69 Å². The SMILES string of the molecule is Nc1cc(C2(C(=O)O)CCC2)ncn1. The maximum Gasteiger partial charge on any atom is 0.315 e. The zero-order valence-electron chi connectivity index (χ0n) is 7.60. The number of nitrogens with zero attached hydrogens (tertiary/aromatic N) is 2. The molecule has 1 fully saturated rings. The third-order valence-electron chi connectivity index (χ3n) is 2.80. The van der Waals surface area contributed by atoms with E-state index in [9.17, 15) is 4.79 Å². The van der Waals surface area contributed by atoms with Crippen molar-refractivity contribution in [2.45, 2.75) is 24.7 Å². The van der Waals surface area contributed by atoms with Gasteiger partial charge in [-0.15, -0.1) is 0 Å². The molecule has 0 unspecified atom stereocenters. The van der Waals surface area contributed by atoms with Gasteiger partial charge in [0, 0.05) is 6.07 Å². The zero-order chi connectivity index (χ0) is 10.2. The smallest absolute Gasteiger partial charge is 0.315 e. The van der Waals surface area contributed by atoms with Crippen molar-refractivity contribution in [2.75, 3.05) is 5.73 Å². The van der Waals surface area contributed by atoms with Crippen LogP contribution in [0.4, 0.5) is 5.82 Å². The third kappa shape index (κ3) is 1.13. The molecule has 74 valence electrons. The number of rotatable bonds is 2. The summed E-state index contributed by atoms with van der Waals surface area (Å²) in [6, 6.07) is 1.55. The molecule has 0 aromatic carbocycles. The van der Waals surface area contributed by atoms with Crippen molar-refractivity contribution in [3.63, 3.8) is 0 Å². The molecule has 0 saturated heterocycles. The minimum Gasteiger partial charge on any atom is -0.481 e. The molecule has 1 aliphatic carbocycles. The molecule has 2 rings (SSSR count). The fraction of sp³-hybridized carbons (Fsp3) is 0.444. The molecule has 1 aliphatic rings. The molecular formula is C9H11N3O2. The van der Waals surface area contributed by atoms with Crippen LogP contribution >= 0.6 is 0 Å². The van der Waals surface area contributed by atoms with Crippen LogP contribution in [0.3, 0.4) is 0 Å². The normalized spacial score (nSPS) is 18.6. The van der Waals surface area contributed by atoms with Gasteiger partial charge in [-0.05, 0) is 12.8 Å². The van der Waals surface area contributed by atoms with Crippen LogP contribution in [-0.4, -0.2) is 21.0 Å². The Morgan fingerprint density at radius 2 is 2.21 bits per heavy atom. The van der Waals surface area contributed by atoms with Gasteiger partial charge in [-0.1, -0.05) is 6.42 Å². The first-order valence-corrected chi connectivity index (χ1v) is 4.46. The van der Waals surface area contributed by atoms with Crippen molar-refractivity contribution >= 4 is 11.8 Å². The van der Waals surface area contributed by atoms with Crippen LogP contribution in [0.5, 0.6) is 0 Å². The summed E-state index contributed by atoms with van der Waals surface area (Å²) in [7, 11) is 0. The lowest BCUT2D eigenvalue weighted by atomic mass is 9.66. The van der Waals surface area contributed by atoms with E-state index >= 15 is 0 Å². The van der Waals surface area contributed by atoms with E-state index in [2.05, 4.69) is 9.97 Å². The number of aromatic nitrogens is 2. The van der Waals surface area contributed by atoms with Crippen molar-refractivity contribution < 1.29 is 9.90 Å². The third-order valence-corrected chi connectivity index (χ3v) is 2.80. The summed E-state index contributed by atoms with van der Waals surface area (Å²) in [6.45, 7) is 0. The molecule has 0 atom stereocenters. The molecule has 0 bridgehead atoms. The van der Waals surface area contributed by atoms with Gasteiger partial charge in [0.25, 0.3) is 0 Å². The number of anilines is 1. The fourth-order valence-electron chi connectivity index (χ4n) is 1.74. The fourth-order valence-corrected chi connectivity index (χ4v) is 1.74. The minimum atomic E-state index is -0.818. The molecular weight excluding hydrogens is 182 g/mol. The number of hydrogen-bond acceptors (Lipinski definition) is 4. The van der Waals surface area contributed by atoms with E-state index in [0.29, 0.717) is 24.4 Å². The predicted molar refractivity (Wildman–Crippen MR) is 49.6 cm³/mol. The Balaban J connectivity index is 2.42. The maximum atomic E-state index is 11.1. The first kappa shape index (κ1) is 8.93. The highest BCUT2D eigenvalue weighted by molar-refractivity contribution is 5.82. The molecule has 0 spiro atoms. The van der Waals surface area contributed by atoms with Crippen LogP contribution in [0, 0.1) is 0 Å². The van der Waals surface area contributed by atoms with E-state index in [1.54, 1.807) is 6.07 Å². The van der Waals surface area contributed by atoms with Crippen molar-refractivity contribution in [1.82, 2.24) is 9.97 Å². The molecule has 3 N–H and O–H groups in total. The van der Waals surface area contributed by atoms with E-state index in [1.165, 1.54) is 6.33 Å². The number of aliphatic carboxylic acids is 1. The number of hydrogen-bond donors (Lipinski definition) is 2. The van der Waals surface area contributed by atoms with Crippen molar-refractivity contribution in [3.05, 3.63) is 18.1 Å². The van der Waals surface area contributed by atoms with Crippen LogP contribution in [0.1, 0.15) is 25.0 Å². The summed E-state index contributed by atoms with van der Waals surface area (Å²) in [5.41, 5.74) is 5.21. The van der Waals surface area contributed by atoms with Gasteiger partial charge in [0.1, 0.15) is 17.6 Å². The van der Waals surface area contributed by atoms with E-state index in [1.807, 2.05) is 0 Å². The van der Waals surface area contributed by atoms with Crippen molar-refractivity contribution in [2.24, 2.45) is 0 Å². The Morgan fingerprint density at radius 3 is 2.64 bits per heavy atom. The number of carboxylic acids is 1. The van der Waals surface area contributed by atoms with Crippen LogP contribution in [0.25, 0.3) is 0 Å². The highest BCUT2D eigenvalue weighted by Gasteiger charge is 2.47. The highest BCUT2D eigenvalue weighted by atomic mass is 16.4. The number of carboxylic acid groups (broad SMARTS) is 1. The van der Waals surface area contributed by atoms with Gasteiger partial charge < -0.3 is 10.8 Å². The standard InChI is InChI=1S/C9H11N3O2/c10-7-4-6(11-5-12-7)9(8(13)14)2-1-3-9/h4-5H,1-3H2,(H,13,14)(H2,10,11,12). The molecule has 1 heterocycles. The molecule has 5 heteroatoms. The first-order valence-electron chi connectivity index (χ1n) is 4.46. The average Bonchev–Trinajstić information content (AvgIpc) is 2.00. The van der Waals surface area contributed by atoms with Gasteiger partial charge in [0.2, 0.25) is 0 Å². The van der Waals surface area contributed by atoms with E-state index in [0.717, 1.165) is 6.42 Å². The monoisotopic (exact) mass is 193 g/mol. The molecule has 0 radical (unpaired) electrons. The largest absolute Gasteiger partial charge is 0.481 e. The van der Waals surface area contributed by atoms with E-state index in [-0.39, 0.29) is 0 Å². The van der Waals surface area contributed by atoms with Gasteiger partial charge in [-0.25, -0.2) is 9.97 Å². The van der Waals surface area contributed by atoms with Crippen LogP contribution in [0.15, 0.2) is 12.4 Å². The molecule has 14 heavy (non-hydrogen) atoms. The molecule has 1 aromatic rings. The van der Waals surface area contributed by atoms with Gasteiger partial charge in [0.15, 0.2) is 0 Å². The lowest BCUT2D eigenvalue weighted by molar-refractivity contribution is -0.147. The van der Waals surface area contributed by atoms with Gasteiger partial charge >= 0.3 is 5.97 Å². The number of carbonyl (C=O) groups is 1. The lowest BCUT2D eigenvalue weighted by Crippen LogP contribution is -2.43. The lowest BCUT2D eigenvalue weighted by Gasteiger charge is -2.36. The van der Waals surface area contributed by atoms with Crippen LogP contribution in [-0.2, 0) is 10.2 Å². The molecule has 5 nitrogen and oxygen atoms in total. The summed E-state index contributed by atoms with van der Waals surface area (Å²) in [5, 5.41) is 9.13. The van der Waals surface area contributed by atoms with Crippen LogP contribution in [0.2, 0.25) is 0 Å². The van der Waals surface area contributed by atoms with Crippen molar-refractivity contribution in [1.29, 1.82) is 0 Å². The predicted octanol–water partition coefficient (Wildman–Crippen LogP) is 0.565. The summed E-state index contributed by atoms with van der Waals surface area (Å²) >= 11 is 0. The first-order chi connectivity index (χ1) is 6.65. The average molecular weight is 193 g/mol. The Morgan fingerprint density at radius 1 is 1.50 bits per heavy atom. The topological polar surface area (TPSA) is 89.1 Å². The zero-order valence-corrected chi connectivity index (χ0v) is 7.60. The quantitative estimate of drug-likeness (QED) is 0.716. The summed E-state index contributed by atoms with van der Waals surface area (Å²) in [5.74, 6) is -0.496. The summed E-state index contributed by atoms with van der Waals surface area (Å²) in [4.78, 5) is 18.8. The van der Waals surface area contributed by atoms with Crippen LogP contribution < -0.4 is 5.73 Å². The Kier molecular flexibility index (Phi) is 1.87. The highest BCUT2D eigenvalue weighted by Crippen LogP contribution is 2.43. The van der Waals surface area contributed by atoms with Gasteiger partial charge in [-0.2, -0.15) is 0 Å². The number of nitrogens with two attached hydrogens (primary N) is 1. The Hall–Kier alpha value is -1.65. The maximum absolute atomic E-state index is 11.1. The van der Waals surface area contributed by atoms with E-state index in [4.69, 9.17) is 10.8 Å². The van der Waals surface area contributed by atoms with Gasteiger partial charge in [-0.3, -0.25) is 4.79 Å². The Labute approximate surface area is 81.0 Å². The summed E-state index contributed by atoms with van der Waals surface area (Å²) in [6.07, 6.45) is 3.52. The molecule has 1 saturated carbocycles. The second-order valence-corrected chi connectivity index (χ2v) is 3.57. The second-order valence-electron chi connectivity index (χ2n) is 3.57. The minimum absolute atomic E-state index is 0.322.